The van der Waals surface area contributed by atoms with Gasteiger partial charge in [-0.2, -0.15) is 0 Å². The normalized spacial score (nSPS) is 13.8. The van der Waals surface area contributed by atoms with E-state index in [2.05, 4.69) is 31.4 Å². The number of anilines is 2. The van der Waals surface area contributed by atoms with Gasteiger partial charge in [-0.15, -0.1) is 0 Å². The predicted molar refractivity (Wildman–Crippen MR) is 76.8 cm³/mol. The zero-order chi connectivity index (χ0) is 13.7. The van der Waals surface area contributed by atoms with Crippen LogP contribution in [0.25, 0.3) is 0 Å². The molecule has 0 aromatic heterocycles. The lowest BCUT2D eigenvalue weighted by Crippen LogP contribution is -2.24. The quantitative estimate of drug-likeness (QED) is 0.702. The highest BCUT2D eigenvalue weighted by Gasteiger charge is 2.12. The highest BCUT2D eigenvalue weighted by molar-refractivity contribution is 5.95. The third kappa shape index (κ3) is 3.39. The zero-order valence-corrected chi connectivity index (χ0v) is 11.6. The van der Waals surface area contributed by atoms with Gasteiger partial charge in [0.15, 0.2) is 0 Å². The number of nitrogen functional groups attached to an aromatic ring is 1. The monoisotopic (exact) mass is 249 g/mol. The van der Waals surface area contributed by atoms with Gasteiger partial charge in [0, 0.05) is 18.7 Å². The van der Waals surface area contributed by atoms with Crippen molar-refractivity contribution >= 4 is 17.3 Å². The lowest BCUT2D eigenvalue weighted by molar-refractivity contribution is 0.0963. The van der Waals surface area contributed by atoms with Crippen molar-refractivity contribution in [3.05, 3.63) is 23.8 Å². The molecule has 4 N–H and O–H groups in total. The van der Waals surface area contributed by atoms with E-state index in [1.54, 1.807) is 19.2 Å². The maximum atomic E-state index is 11.5. The molecule has 0 spiro atoms. The van der Waals surface area contributed by atoms with Gasteiger partial charge in [-0.25, -0.2) is 0 Å². The van der Waals surface area contributed by atoms with Crippen molar-refractivity contribution in [1.82, 2.24) is 5.32 Å². The van der Waals surface area contributed by atoms with E-state index >= 15 is 0 Å². The molecule has 18 heavy (non-hydrogen) atoms. The summed E-state index contributed by atoms with van der Waals surface area (Å²) in [6.07, 6.45) is 1.12. The van der Waals surface area contributed by atoms with Crippen LogP contribution in [0.1, 0.15) is 37.6 Å². The summed E-state index contributed by atoms with van der Waals surface area (Å²) in [5.74, 6) is 0.450. The molecule has 4 heteroatoms. The van der Waals surface area contributed by atoms with Gasteiger partial charge in [0.25, 0.3) is 5.91 Å². The number of carbonyl (C=O) groups excluding carboxylic acids is 1. The highest BCUT2D eigenvalue weighted by atomic mass is 16.1. The maximum Gasteiger partial charge on any atom is 0.251 e. The average Bonchev–Trinajstić information content (AvgIpc) is 2.38. The lowest BCUT2D eigenvalue weighted by atomic mass is 10.0. The molecule has 0 aliphatic heterocycles. The molecule has 0 radical (unpaired) electrons. The van der Waals surface area contributed by atoms with E-state index in [4.69, 9.17) is 5.73 Å². The second-order valence-corrected chi connectivity index (χ2v) is 4.70. The minimum Gasteiger partial charge on any atom is -0.397 e. The molecule has 0 saturated carbocycles. The van der Waals surface area contributed by atoms with Crippen LogP contribution in [0.3, 0.4) is 0 Å². The van der Waals surface area contributed by atoms with Crippen LogP contribution in [0, 0.1) is 5.92 Å². The van der Waals surface area contributed by atoms with Gasteiger partial charge < -0.3 is 16.4 Å². The lowest BCUT2D eigenvalue weighted by Gasteiger charge is -2.22. The number of nitrogens with two attached hydrogens (primary N) is 1. The van der Waals surface area contributed by atoms with Crippen molar-refractivity contribution in [3.63, 3.8) is 0 Å². The number of amides is 1. The number of rotatable bonds is 5. The van der Waals surface area contributed by atoms with Crippen LogP contribution < -0.4 is 16.4 Å². The van der Waals surface area contributed by atoms with Crippen LogP contribution in [-0.2, 0) is 0 Å². The number of benzene rings is 1. The topological polar surface area (TPSA) is 67.2 Å². The Morgan fingerprint density at radius 3 is 2.56 bits per heavy atom. The molecular formula is C14H23N3O. The summed E-state index contributed by atoms with van der Waals surface area (Å²) in [7, 11) is 1.61. The molecule has 100 valence electrons. The van der Waals surface area contributed by atoms with E-state index in [0.29, 0.717) is 23.2 Å². The van der Waals surface area contributed by atoms with Crippen LogP contribution in [0.15, 0.2) is 18.2 Å². The molecule has 0 fully saturated rings. The summed E-state index contributed by atoms with van der Waals surface area (Å²) in [4.78, 5) is 11.5. The average molecular weight is 249 g/mol. The third-order valence-electron chi connectivity index (χ3n) is 3.42. The Hall–Kier alpha value is -1.71. The van der Waals surface area contributed by atoms with E-state index in [1.807, 2.05) is 6.07 Å². The van der Waals surface area contributed by atoms with E-state index < -0.39 is 0 Å². The first-order valence-electron chi connectivity index (χ1n) is 6.37. The summed E-state index contributed by atoms with van der Waals surface area (Å²) in [6, 6.07) is 5.69. The minimum absolute atomic E-state index is 0.122. The molecule has 4 nitrogen and oxygen atoms in total. The predicted octanol–water partition coefficient (Wildman–Crippen LogP) is 2.47. The van der Waals surface area contributed by atoms with Crippen molar-refractivity contribution in [2.24, 2.45) is 5.92 Å². The number of nitrogens with one attached hydrogen (secondary N) is 2. The maximum absolute atomic E-state index is 11.5. The molecular weight excluding hydrogens is 226 g/mol. The van der Waals surface area contributed by atoms with Crippen molar-refractivity contribution in [1.29, 1.82) is 0 Å². The number of hydrogen-bond donors (Lipinski definition) is 3. The molecule has 1 amide bonds. The van der Waals surface area contributed by atoms with Crippen LogP contribution in [0.2, 0.25) is 0 Å². The Kier molecular flexibility index (Phi) is 5.01. The summed E-state index contributed by atoms with van der Waals surface area (Å²) in [5.41, 5.74) is 8.03. The van der Waals surface area contributed by atoms with Gasteiger partial charge in [-0.05, 0) is 31.0 Å². The van der Waals surface area contributed by atoms with Gasteiger partial charge in [-0.3, -0.25) is 4.79 Å². The van der Waals surface area contributed by atoms with Gasteiger partial charge in [0.05, 0.1) is 11.4 Å². The Labute approximate surface area is 109 Å². The highest BCUT2D eigenvalue weighted by Crippen LogP contribution is 2.22. The second kappa shape index (κ2) is 6.28. The molecule has 2 atom stereocenters. The standard InChI is InChI=1S/C14H23N3O/c1-5-9(2)10(3)17-13-7-6-11(8-12(13)15)14(18)16-4/h6-10,17H,5,15H2,1-4H3,(H,16,18). The van der Waals surface area contributed by atoms with Gasteiger partial charge in [0.1, 0.15) is 0 Å². The molecule has 2 unspecified atom stereocenters. The van der Waals surface area contributed by atoms with Crippen LogP contribution in [-0.4, -0.2) is 19.0 Å². The molecule has 0 aliphatic rings. The molecule has 1 aromatic carbocycles. The second-order valence-electron chi connectivity index (χ2n) is 4.70. The number of hydrogen-bond acceptors (Lipinski definition) is 3. The fraction of sp³-hybridized carbons (Fsp3) is 0.500. The first-order valence-corrected chi connectivity index (χ1v) is 6.37. The van der Waals surface area contributed by atoms with E-state index in [1.165, 1.54) is 0 Å². The Morgan fingerprint density at radius 2 is 2.06 bits per heavy atom. The molecule has 0 aliphatic carbocycles. The summed E-state index contributed by atoms with van der Waals surface area (Å²) >= 11 is 0. The molecule has 0 bridgehead atoms. The van der Waals surface area contributed by atoms with E-state index in [-0.39, 0.29) is 5.91 Å². The fourth-order valence-corrected chi connectivity index (χ4v) is 1.72. The summed E-state index contributed by atoms with van der Waals surface area (Å²) in [5, 5.41) is 5.97. The van der Waals surface area contributed by atoms with E-state index in [0.717, 1.165) is 12.1 Å². The number of carbonyl (C=O) groups is 1. The molecule has 0 heterocycles. The largest absolute Gasteiger partial charge is 0.397 e. The van der Waals surface area contributed by atoms with Crippen molar-refractivity contribution < 1.29 is 4.79 Å². The zero-order valence-electron chi connectivity index (χ0n) is 11.6. The van der Waals surface area contributed by atoms with Crippen LogP contribution >= 0.6 is 0 Å². The van der Waals surface area contributed by atoms with E-state index in [9.17, 15) is 4.79 Å². The fourth-order valence-electron chi connectivity index (χ4n) is 1.72. The van der Waals surface area contributed by atoms with Crippen molar-refractivity contribution in [3.8, 4) is 0 Å². The molecule has 0 saturated heterocycles. The third-order valence-corrected chi connectivity index (χ3v) is 3.42. The van der Waals surface area contributed by atoms with Gasteiger partial charge in [-0.1, -0.05) is 20.3 Å². The Bertz CT molecular complexity index is 418. The summed E-state index contributed by atoms with van der Waals surface area (Å²) < 4.78 is 0. The van der Waals surface area contributed by atoms with Crippen LogP contribution in [0.4, 0.5) is 11.4 Å². The SMILES string of the molecule is CCC(C)C(C)Nc1ccc(C(=O)NC)cc1N. The van der Waals surface area contributed by atoms with Crippen molar-refractivity contribution in [2.45, 2.75) is 33.2 Å². The van der Waals surface area contributed by atoms with Gasteiger partial charge in [0.2, 0.25) is 0 Å². The molecule has 1 rings (SSSR count). The summed E-state index contributed by atoms with van der Waals surface area (Å²) in [6.45, 7) is 6.51. The molecule has 1 aromatic rings. The Morgan fingerprint density at radius 1 is 1.39 bits per heavy atom. The van der Waals surface area contributed by atoms with Crippen molar-refractivity contribution in [2.75, 3.05) is 18.1 Å². The van der Waals surface area contributed by atoms with Gasteiger partial charge >= 0.3 is 0 Å². The smallest absolute Gasteiger partial charge is 0.251 e. The first-order chi connectivity index (χ1) is 8.49. The first kappa shape index (κ1) is 14.4. The Balaban J connectivity index is 2.83. The minimum atomic E-state index is -0.122. The van der Waals surface area contributed by atoms with Crippen LogP contribution in [0.5, 0.6) is 0 Å².